The molecule has 1 atom stereocenters. The van der Waals surface area contributed by atoms with Crippen molar-refractivity contribution in [3.8, 4) is 0 Å². The molecular formula is C47H90O6. The Hall–Kier alpha value is -1.59. The van der Waals surface area contributed by atoms with Crippen LogP contribution in [0.2, 0.25) is 0 Å². The molecule has 0 rings (SSSR count). The number of hydrogen-bond donors (Lipinski definition) is 0. The largest absolute Gasteiger partial charge is 0.462 e. The van der Waals surface area contributed by atoms with E-state index in [-0.39, 0.29) is 31.1 Å². The van der Waals surface area contributed by atoms with Crippen molar-refractivity contribution in [2.24, 2.45) is 5.92 Å². The van der Waals surface area contributed by atoms with E-state index in [4.69, 9.17) is 14.2 Å². The van der Waals surface area contributed by atoms with E-state index >= 15 is 0 Å². The highest BCUT2D eigenvalue weighted by Crippen LogP contribution is 2.16. The summed E-state index contributed by atoms with van der Waals surface area (Å²) in [7, 11) is 0. The molecule has 0 radical (unpaired) electrons. The van der Waals surface area contributed by atoms with Crippen LogP contribution in [-0.2, 0) is 28.6 Å². The molecule has 0 aromatic heterocycles. The van der Waals surface area contributed by atoms with Gasteiger partial charge < -0.3 is 14.2 Å². The molecule has 0 aromatic rings. The Morgan fingerprint density at radius 3 is 0.925 bits per heavy atom. The molecule has 0 amide bonds. The van der Waals surface area contributed by atoms with Crippen molar-refractivity contribution in [3.63, 3.8) is 0 Å². The Labute approximate surface area is 329 Å². The summed E-state index contributed by atoms with van der Waals surface area (Å²) in [5.74, 6) is -0.0481. The van der Waals surface area contributed by atoms with Crippen molar-refractivity contribution in [3.05, 3.63) is 0 Å². The van der Waals surface area contributed by atoms with E-state index in [2.05, 4.69) is 27.7 Å². The predicted molar refractivity (Wildman–Crippen MR) is 224 cm³/mol. The maximum Gasteiger partial charge on any atom is 0.306 e. The minimum Gasteiger partial charge on any atom is -0.462 e. The quantitative estimate of drug-likeness (QED) is 0.0351. The summed E-state index contributed by atoms with van der Waals surface area (Å²) in [5.41, 5.74) is 0. The molecule has 0 heterocycles. The monoisotopic (exact) mass is 751 g/mol. The van der Waals surface area contributed by atoms with Gasteiger partial charge in [0.25, 0.3) is 0 Å². The molecule has 0 spiro atoms. The lowest BCUT2D eigenvalue weighted by molar-refractivity contribution is -0.167. The first-order valence-electron chi connectivity index (χ1n) is 23.4. The van der Waals surface area contributed by atoms with Gasteiger partial charge in [0.05, 0.1) is 0 Å². The summed E-state index contributed by atoms with van der Waals surface area (Å²) in [6.45, 7) is 8.97. The van der Waals surface area contributed by atoms with Crippen molar-refractivity contribution in [2.45, 2.75) is 265 Å². The molecule has 0 saturated carbocycles. The minimum absolute atomic E-state index is 0.0638. The van der Waals surface area contributed by atoms with Crippen LogP contribution in [0.4, 0.5) is 0 Å². The first-order chi connectivity index (χ1) is 25.9. The summed E-state index contributed by atoms with van der Waals surface area (Å²) in [6.07, 6.45) is 40.8. The highest BCUT2D eigenvalue weighted by molar-refractivity contribution is 5.71. The highest BCUT2D eigenvalue weighted by Gasteiger charge is 2.19. The van der Waals surface area contributed by atoms with Gasteiger partial charge in [0.15, 0.2) is 6.10 Å². The normalized spacial score (nSPS) is 11.9. The number of rotatable bonds is 42. The molecule has 0 saturated heterocycles. The maximum absolute atomic E-state index is 12.7. The van der Waals surface area contributed by atoms with E-state index in [0.717, 1.165) is 63.7 Å². The maximum atomic E-state index is 12.7. The summed E-state index contributed by atoms with van der Waals surface area (Å²) >= 11 is 0. The minimum atomic E-state index is -0.759. The molecule has 0 aliphatic heterocycles. The van der Waals surface area contributed by atoms with Gasteiger partial charge in [-0.05, 0) is 25.2 Å². The van der Waals surface area contributed by atoms with Gasteiger partial charge in [-0.1, -0.05) is 220 Å². The van der Waals surface area contributed by atoms with Gasteiger partial charge in [-0.2, -0.15) is 0 Å². The van der Waals surface area contributed by atoms with Gasteiger partial charge in [0.2, 0.25) is 0 Å². The molecule has 0 aliphatic carbocycles. The predicted octanol–water partition coefficient (Wildman–Crippen LogP) is 14.7. The van der Waals surface area contributed by atoms with E-state index in [1.807, 2.05) is 0 Å². The van der Waals surface area contributed by atoms with Gasteiger partial charge in [-0.25, -0.2) is 0 Å². The van der Waals surface area contributed by atoms with Crippen molar-refractivity contribution >= 4 is 17.9 Å². The molecule has 314 valence electrons. The lowest BCUT2D eigenvalue weighted by Crippen LogP contribution is -2.30. The van der Waals surface area contributed by atoms with Crippen LogP contribution in [0.3, 0.4) is 0 Å². The third kappa shape index (κ3) is 41.4. The van der Waals surface area contributed by atoms with Crippen LogP contribution in [0.15, 0.2) is 0 Å². The van der Waals surface area contributed by atoms with Crippen molar-refractivity contribution in [2.75, 3.05) is 13.2 Å². The molecule has 6 heteroatoms. The molecule has 0 unspecified atom stereocenters. The van der Waals surface area contributed by atoms with E-state index < -0.39 is 6.10 Å². The second-order valence-electron chi connectivity index (χ2n) is 16.5. The molecular weight excluding hydrogens is 661 g/mol. The zero-order valence-corrected chi connectivity index (χ0v) is 36.0. The molecule has 0 N–H and O–H groups in total. The molecule has 0 fully saturated rings. The lowest BCUT2D eigenvalue weighted by Gasteiger charge is -2.18. The fourth-order valence-corrected chi connectivity index (χ4v) is 6.98. The summed E-state index contributed by atoms with van der Waals surface area (Å²) in [6, 6.07) is 0. The SMILES string of the molecule is CCCCCCCCCCCCCCCC(=O)OC[C@H](COC(=O)CCCCCCCCCCCC)OC(=O)CCCCCCCCCCCC(C)C. The van der Waals surface area contributed by atoms with Crippen LogP contribution in [0.1, 0.15) is 259 Å². The second-order valence-corrected chi connectivity index (χ2v) is 16.5. The third-order valence-corrected chi connectivity index (χ3v) is 10.5. The van der Waals surface area contributed by atoms with Crippen molar-refractivity contribution < 1.29 is 28.6 Å². The highest BCUT2D eigenvalue weighted by atomic mass is 16.6. The average Bonchev–Trinajstić information content (AvgIpc) is 3.14. The fraction of sp³-hybridized carbons (Fsp3) is 0.936. The summed E-state index contributed by atoms with van der Waals surface area (Å²) in [4.78, 5) is 37.7. The van der Waals surface area contributed by atoms with Gasteiger partial charge >= 0.3 is 17.9 Å². The van der Waals surface area contributed by atoms with E-state index in [1.54, 1.807) is 0 Å². The summed E-state index contributed by atoms with van der Waals surface area (Å²) in [5, 5.41) is 0. The first-order valence-corrected chi connectivity index (χ1v) is 23.4. The van der Waals surface area contributed by atoms with Crippen LogP contribution >= 0.6 is 0 Å². The number of hydrogen-bond acceptors (Lipinski definition) is 6. The third-order valence-electron chi connectivity index (χ3n) is 10.5. The topological polar surface area (TPSA) is 78.9 Å². The average molecular weight is 751 g/mol. The van der Waals surface area contributed by atoms with Gasteiger partial charge in [0, 0.05) is 19.3 Å². The fourth-order valence-electron chi connectivity index (χ4n) is 6.98. The van der Waals surface area contributed by atoms with Crippen molar-refractivity contribution in [1.29, 1.82) is 0 Å². The van der Waals surface area contributed by atoms with Gasteiger partial charge in [-0.15, -0.1) is 0 Å². The molecule has 6 nitrogen and oxygen atoms in total. The molecule has 53 heavy (non-hydrogen) atoms. The van der Waals surface area contributed by atoms with E-state index in [1.165, 1.54) is 154 Å². The zero-order valence-electron chi connectivity index (χ0n) is 36.0. The van der Waals surface area contributed by atoms with Crippen LogP contribution in [0.25, 0.3) is 0 Å². The smallest absolute Gasteiger partial charge is 0.306 e. The van der Waals surface area contributed by atoms with Crippen LogP contribution in [0.5, 0.6) is 0 Å². The van der Waals surface area contributed by atoms with E-state index in [0.29, 0.717) is 19.3 Å². The number of ether oxygens (including phenoxy) is 3. The first kappa shape index (κ1) is 51.4. The van der Waals surface area contributed by atoms with Crippen LogP contribution in [0, 0.1) is 5.92 Å². The summed E-state index contributed by atoms with van der Waals surface area (Å²) < 4.78 is 16.7. The Kier molecular flexibility index (Phi) is 40.3. The molecule has 0 aliphatic rings. The molecule has 0 aromatic carbocycles. The standard InChI is InChI=1S/C47H90O6/c1-5-7-9-11-13-15-17-18-19-23-27-31-35-39-46(49)52-42-44(41-51-45(48)38-34-30-26-22-16-14-12-10-8-6-2)53-47(50)40-36-32-28-24-20-21-25-29-33-37-43(3)4/h43-44H,5-42H2,1-4H3/t44-/m0/s1. The number of carbonyl (C=O) groups is 3. The number of carbonyl (C=O) groups excluding carboxylic acids is 3. The van der Waals surface area contributed by atoms with E-state index in [9.17, 15) is 14.4 Å². The van der Waals surface area contributed by atoms with Gasteiger partial charge in [-0.3, -0.25) is 14.4 Å². The second kappa shape index (κ2) is 41.6. The van der Waals surface area contributed by atoms with Gasteiger partial charge in [0.1, 0.15) is 13.2 Å². The zero-order chi connectivity index (χ0) is 38.9. The Bertz CT molecular complexity index is 796. The molecule has 0 bridgehead atoms. The Balaban J connectivity index is 4.32. The Morgan fingerprint density at radius 1 is 0.358 bits per heavy atom. The van der Waals surface area contributed by atoms with Crippen LogP contribution < -0.4 is 0 Å². The Morgan fingerprint density at radius 2 is 0.623 bits per heavy atom. The van der Waals surface area contributed by atoms with Crippen molar-refractivity contribution in [1.82, 2.24) is 0 Å². The lowest BCUT2D eigenvalue weighted by atomic mass is 10.0. The number of esters is 3. The van der Waals surface area contributed by atoms with Crippen LogP contribution in [-0.4, -0.2) is 37.2 Å². The number of unbranched alkanes of at least 4 members (excludes halogenated alkanes) is 29.